The lowest BCUT2D eigenvalue weighted by Gasteiger charge is -2.19. The number of fused-ring (bicyclic) bond motifs is 1. The van der Waals surface area contributed by atoms with Crippen molar-refractivity contribution in [2.45, 2.75) is 38.5 Å². The third-order valence-corrected chi connectivity index (χ3v) is 3.27. The van der Waals surface area contributed by atoms with Crippen molar-refractivity contribution in [2.24, 2.45) is 0 Å². The molecule has 1 aromatic carbocycles. The summed E-state index contributed by atoms with van der Waals surface area (Å²) in [5.41, 5.74) is 2.62. The number of benzene rings is 1. The summed E-state index contributed by atoms with van der Waals surface area (Å²) in [6.45, 7) is 2.95. The molecule has 0 radical (unpaired) electrons. The van der Waals surface area contributed by atoms with Crippen LogP contribution in [-0.4, -0.2) is 24.7 Å². The van der Waals surface area contributed by atoms with Crippen molar-refractivity contribution >= 4 is 5.91 Å². The minimum Gasteiger partial charge on any atom is -0.349 e. The third kappa shape index (κ3) is 3.96. The molecule has 0 spiro atoms. The fourth-order valence-corrected chi connectivity index (χ4v) is 2.33. The van der Waals surface area contributed by atoms with Crippen LogP contribution in [0.4, 0.5) is 13.2 Å². The maximum atomic E-state index is 12.2. The highest BCUT2D eigenvalue weighted by atomic mass is 19.4. The van der Waals surface area contributed by atoms with Crippen LogP contribution < -0.4 is 10.6 Å². The topological polar surface area (TPSA) is 41.1 Å². The minimum absolute atomic E-state index is 0.404. The molecule has 1 aliphatic rings. The van der Waals surface area contributed by atoms with E-state index < -0.39 is 24.5 Å². The van der Waals surface area contributed by atoms with E-state index in [1.54, 1.807) is 12.1 Å². The van der Waals surface area contributed by atoms with Crippen LogP contribution in [-0.2, 0) is 13.0 Å². The maximum absolute atomic E-state index is 12.2. The first-order valence-electron chi connectivity index (χ1n) is 6.55. The summed E-state index contributed by atoms with van der Waals surface area (Å²) in [5, 5.41) is 5.58. The van der Waals surface area contributed by atoms with Gasteiger partial charge in [0.1, 0.15) is 0 Å². The van der Waals surface area contributed by atoms with E-state index in [0.717, 1.165) is 18.5 Å². The van der Waals surface area contributed by atoms with Gasteiger partial charge in [-0.05, 0) is 43.1 Å². The van der Waals surface area contributed by atoms with E-state index in [1.165, 1.54) is 12.5 Å². The molecule has 1 atom stereocenters. The van der Waals surface area contributed by atoms with Crippen LogP contribution in [0.25, 0.3) is 0 Å². The van der Waals surface area contributed by atoms with Crippen molar-refractivity contribution in [3.05, 3.63) is 34.9 Å². The van der Waals surface area contributed by atoms with Gasteiger partial charge in [0.05, 0.1) is 6.42 Å². The molecular weight excluding hydrogens is 269 g/mol. The Labute approximate surface area is 115 Å². The predicted octanol–water partition coefficient (Wildman–Crippen LogP) is 2.40. The van der Waals surface area contributed by atoms with Crippen LogP contribution in [0, 0.1) is 0 Å². The highest BCUT2D eigenvalue weighted by molar-refractivity contribution is 5.94. The van der Waals surface area contributed by atoms with Crippen molar-refractivity contribution in [2.75, 3.05) is 6.54 Å². The molecule has 0 fully saturated rings. The Morgan fingerprint density at radius 3 is 2.85 bits per heavy atom. The Balaban J connectivity index is 2.02. The number of carbonyl (C=O) groups excluding carboxylic acids is 1. The normalized spacial score (nSPS) is 16.4. The Hall–Kier alpha value is -1.56. The molecule has 1 heterocycles. The Morgan fingerprint density at radius 2 is 2.15 bits per heavy atom. The second kappa shape index (κ2) is 5.83. The smallest absolute Gasteiger partial charge is 0.349 e. The average molecular weight is 286 g/mol. The number of amides is 1. The van der Waals surface area contributed by atoms with Gasteiger partial charge in [0.15, 0.2) is 0 Å². The highest BCUT2D eigenvalue weighted by Crippen LogP contribution is 2.21. The second-order valence-electron chi connectivity index (χ2n) is 5.10. The van der Waals surface area contributed by atoms with Crippen molar-refractivity contribution in [1.29, 1.82) is 0 Å². The van der Waals surface area contributed by atoms with E-state index in [9.17, 15) is 18.0 Å². The van der Waals surface area contributed by atoms with E-state index in [-0.39, 0.29) is 0 Å². The lowest BCUT2D eigenvalue weighted by atomic mass is 9.98. The number of nitrogens with one attached hydrogen (secondary N) is 2. The molecule has 0 aromatic heterocycles. The number of rotatable bonds is 3. The van der Waals surface area contributed by atoms with Gasteiger partial charge in [0, 0.05) is 18.2 Å². The molecule has 1 amide bonds. The molecule has 2 N–H and O–H groups in total. The first-order chi connectivity index (χ1) is 9.35. The lowest BCUT2D eigenvalue weighted by Crippen LogP contribution is -2.36. The number of hydrogen-bond donors (Lipinski definition) is 2. The van der Waals surface area contributed by atoms with Gasteiger partial charge in [-0.2, -0.15) is 13.2 Å². The molecule has 110 valence electrons. The summed E-state index contributed by atoms with van der Waals surface area (Å²) < 4.78 is 36.7. The van der Waals surface area contributed by atoms with Crippen molar-refractivity contribution in [3.8, 4) is 0 Å². The van der Waals surface area contributed by atoms with Crippen LogP contribution in [0.15, 0.2) is 18.2 Å². The van der Waals surface area contributed by atoms with Gasteiger partial charge >= 0.3 is 6.18 Å². The molecule has 20 heavy (non-hydrogen) atoms. The fourth-order valence-electron chi connectivity index (χ4n) is 2.33. The zero-order valence-electron chi connectivity index (χ0n) is 11.2. The summed E-state index contributed by atoms with van der Waals surface area (Å²) in [6.07, 6.45) is -4.39. The lowest BCUT2D eigenvalue weighted by molar-refractivity contribution is -0.138. The first kappa shape index (κ1) is 14.8. The SMILES string of the molecule is CC(CC(F)(F)F)NC(=O)c1ccc2c(c1)CNCC2. The zero-order chi connectivity index (χ0) is 14.8. The summed E-state index contributed by atoms with van der Waals surface area (Å²) >= 11 is 0. The standard InChI is InChI=1S/C14H17F3N2O/c1-9(7-14(15,16)17)19-13(20)11-3-2-10-4-5-18-8-12(10)6-11/h2-3,6,9,18H,4-5,7-8H2,1H3,(H,19,20). The molecule has 0 aliphatic carbocycles. The first-order valence-corrected chi connectivity index (χ1v) is 6.55. The predicted molar refractivity (Wildman–Crippen MR) is 69.5 cm³/mol. The largest absolute Gasteiger partial charge is 0.391 e. The molecule has 1 aliphatic heterocycles. The molecule has 0 bridgehead atoms. The number of halogens is 3. The van der Waals surface area contributed by atoms with Crippen LogP contribution >= 0.6 is 0 Å². The van der Waals surface area contributed by atoms with Gasteiger partial charge in [0.2, 0.25) is 0 Å². The van der Waals surface area contributed by atoms with E-state index in [1.807, 2.05) is 6.07 Å². The fraction of sp³-hybridized carbons (Fsp3) is 0.500. The average Bonchev–Trinajstić information content (AvgIpc) is 2.35. The van der Waals surface area contributed by atoms with E-state index in [0.29, 0.717) is 12.1 Å². The Kier molecular flexibility index (Phi) is 4.32. The monoisotopic (exact) mass is 286 g/mol. The molecule has 0 saturated carbocycles. The number of alkyl halides is 3. The maximum Gasteiger partial charge on any atom is 0.391 e. The van der Waals surface area contributed by atoms with Gasteiger partial charge in [-0.3, -0.25) is 4.79 Å². The Bertz CT molecular complexity index is 500. The van der Waals surface area contributed by atoms with Crippen LogP contribution in [0.3, 0.4) is 0 Å². The van der Waals surface area contributed by atoms with Crippen LogP contribution in [0.1, 0.15) is 34.8 Å². The summed E-state index contributed by atoms with van der Waals surface area (Å²) in [7, 11) is 0. The minimum atomic E-state index is -4.27. The van der Waals surface area contributed by atoms with E-state index >= 15 is 0 Å². The quantitative estimate of drug-likeness (QED) is 0.896. The van der Waals surface area contributed by atoms with Crippen LogP contribution in [0.5, 0.6) is 0 Å². The molecule has 6 heteroatoms. The third-order valence-electron chi connectivity index (χ3n) is 3.27. The molecule has 3 nitrogen and oxygen atoms in total. The van der Waals surface area contributed by atoms with Gasteiger partial charge in [-0.15, -0.1) is 0 Å². The van der Waals surface area contributed by atoms with E-state index in [2.05, 4.69) is 10.6 Å². The molecule has 2 rings (SSSR count). The number of hydrogen-bond acceptors (Lipinski definition) is 2. The van der Waals surface area contributed by atoms with Crippen molar-refractivity contribution in [1.82, 2.24) is 10.6 Å². The van der Waals surface area contributed by atoms with Gasteiger partial charge < -0.3 is 10.6 Å². The zero-order valence-corrected chi connectivity index (χ0v) is 11.2. The second-order valence-corrected chi connectivity index (χ2v) is 5.10. The van der Waals surface area contributed by atoms with Gasteiger partial charge in [-0.1, -0.05) is 6.07 Å². The van der Waals surface area contributed by atoms with Gasteiger partial charge in [-0.25, -0.2) is 0 Å². The molecular formula is C14H17F3N2O. The van der Waals surface area contributed by atoms with Crippen molar-refractivity contribution in [3.63, 3.8) is 0 Å². The summed E-state index contributed by atoms with van der Waals surface area (Å²) in [6, 6.07) is 4.35. The summed E-state index contributed by atoms with van der Waals surface area (Å²) in [5.74, 6) is -0.463. The number of carbonyl (C=O) groups is 1. The van der Waals surface area contributed by atoms with E-state index in [4.69, 9.17) is 0 Å². The highest BCUT2D eigenvalue weighted by Gasteiger charge is 2.30. The molecule has 1 unspecified atom stereocenters. The van der Waals surface area contributed by atoms with Crippen molar-refractivity contribution < 1.29 is 18.0 Å². The summed E-state index contributed by atoms with van der Waals surface area (Å²) in [4.78, 5) is 11.9. The van der Waals surface area contributed by atoms with Gasteiger partial charge in [0.25, 0.3) is 5.91 Å². The Morgan fingerprint density at radius 1 is 1.40 bits per heavy atom. The molecule has 0 saturated heterocycles. The molecule has 1 aromatic rings. The van der Waals surface area contributed by atoms with Crippen LogP contribution in [0.2, 0.25) is 0 Å².